The number of anilines is 2. The number of aliphatic hydroxyl groups excluding tert-OH is 1. The van der Waals surface area contributed by atoms with Gasteiger partial charge in [0.25, 0.3) is 5.91 Å². The van der Waals surface area contributed by atoms with E-state index in [1.54, 1.807) is 18.2 Å². The normalized spacial score (nSPS) is 12.8. The summed E-state index contributed by atoms with van der Waals surface area (Å²) in [6.45, 7) is 0.275. The Labute approximate surface area is 143 Å². The Balaban J connectivity index is 1.81. The number of carbonyl (C=O) groups is 2. The molecule has 1 aromatic heterocycles. The second kappa shape index (κ2) is 7.27. The standard InChI is InChI=1S/C17H17FN4O3/c18-13-3-1-11(2-4-13)10-22(5-6-23)17(25)12-7-14-16(19-8-12)20-9-15(24)21-14/h1-4,7-8,23H,5-6,9-10H2,(H,19,20)(H,21,24). The van der Waals surface area contributed by atoms with Gasteiger partial charge in [-0.3, -0.25) is 9.59 Å². The average molecular weight is 344 g/mol. The Morgan fingerprint density at radius 1 is 1.32 bits per heavy atom. The van der Waals surface area contributed by atoms with E-state index in [9.17, 15) is 19.1 Å². The number of pyridine rings is 1. The lowest BCUT2D eigenvalue weighted by Gasteiger charge is -2.23. The van der Waals surface area contributed by atoms with Gasteiger partial charge in [0.05, 0.1) is 24.4 Å². The van der Waals surface area contributed by atoms with Gasteiger partial charge >= 0.3 is 0 Å². The van der Waals surface area contributed by atoms with E-state index in [2.05, 4.69) is 15.6 Å². The van der Waals surface area contributed by atoms with Crippen LogP contribution in [0.2, 0.25) is 0 Å². The fourth-order valence-electron chi connectivity index (χ4n) is 2.54. The molecule has 0 saturated carbocycles. The maximum Gasteiger partial charge on any atom is 0.255 e. The van der Waals surface area contributed by atoms with Gasteiger partial charge in [0.15, 0.2) is 0 Å². The topological polar surface area (TPSA) is 94.6 Å². The van der Waals surface area contributed by atoms with Gasteiger partial charge in [0.1, 0.15) is 11.6 Å². The first-order valence-corrected chi connectivity index (χ1v) is 7.75. The predicted molar refractivity (Wildman–Crippen MR) is 89.6 cm³/mol. The average Bonchev–Trinajstić information content (AvgIpc) is 2.62. The Kier molecular flexibility index (Phi) is 4.90. The molecule has 7 nitrogen and oxygen atoms in total. The molecular formula is C17H17FN4O3. The van der Waals surface area contributed by atoms with Crippen molar-refractivity contribution in [2.75, 3.05) is 30.3 Å². The Bertz CT molecular complexity index is 795. The van der Waals surface area contributed by atoms with E-state index in [1.165, 1.54) is 23.2 Å². The summed E-state index contributed by atoms with van der Waals surface area (Å²) in [5.41, 5.74) is 1.47. The van der Waals surface area contributed by atoms with E-state index >= 15 is 0 Å². The zero-order chi connectivity index (χ0) is 17.8. The summed E-state index contributed by atoms with van der Waals surface area (Å²) >= 11 is 0. The van der Waals surface area contributed by atoms with Gasteiger partial charge in [0, 0.05) is 19.3 Å². The fourth-order valence-corrected chi connectivity index (χ4v) is 2.54. The quantitative estimate of drug-likeness (QED) is 0.758. The van der Waals surface area contributed by atoms with E-state index < -0.39 is 0 Å². The first-order valence-electron chi connectivity index (χ1n) is 7.75. The Morgan fingerprint density at radius 2 is 2.08 bits per heavy atom. The number of nitrogens with one attached hydrogen (secondary N) is 2. The summed E-state index contributed by atoms with van der Waals surface area (Å²) in [5.74, 6) is -0.403. The molecule has 25 heavy (non-hydrogen) atoms. The van der Waals surface area contributed by atoms with Crippen LogP contribution in [0.15, 0.2) is 36.5 Å². The largest absolute Gasteiger partial charge is 0.395 e. The van der Waals surface area contributed by atoms with Crippen molar-refractivity contribution in [3.05, 3.63) is 53.5 Å². The van der Waals surface area contributed by atoms with Gasteiger partial charge in [-0.1, -0.05) is 12.1 Å². The molecule has 3 N–H and O–H groups in total. The highest BCUT2D eigenvalue weighted by Gasteiger charge is 2.21. The van der Waals surface area contributed by atoms with Crippen LogP contribution < -0.4 is 10.6 Å². The van der Waals surface area contributed by atoms with Crippen molar-refractivity contribution in [2.45, 2.75) is 6.54 Å². The number of benzene rings is 1. The molecule has 0 bridgehead atoms. The minimum absolute atomic E-state index is 0.123. The lowest BCUT2D eigenvalue weighted by molar-refractivity contribution is -0.114. The van der Waals surface area contributed by atoms with Crippen molar-refractivity contribution in [1.82, 2.24) is 9.88 Å². The summed E-state index contributed by atoms with van der Waals surface area (Å²) in [4.78, 5) is 29.8. The first kappa shape index (κ1) is 16.8. The monoisotopic (exact) mass is 344 g/mol. The molecule has 0 aliphatic carbocycles. The van der Waals surface area contributed by atoms with Crippen LogP contribution in [-0.2, 0) is 11.3 Å². The number of halogens is 1. The molecule has 3 rings (SSSR count). The zero-order valence-corrected chi connectivity index (χ0v) is 13.3. The van der Waals surface area contributed by atoms with Crippen LogP contribution in [0, 0.1) is 5.82 Å². The van der Waals surface area contributed by atoms with Crippen molar-refractivity contribution in [3.63, 3.8) is 0 Å². The van der Waals surface area contributed by atoms with Crippen molar-refractivity contribution in [1.29, 1.82) is 0 Å². The van der Waals surface area contributed by atoms with E-state index in [1.807, 2.05) is 0 Å². The number of carbonyl (C=O) groups excluding carboxylic acids is 2. The van der Waals surface area contributed by atoms with Crippen LogP contribution in [0.25, 0.3) is 0 Å². The molecule has 0 radical (unpaired) electrons. The predicted octanol–water partition coefficient (Wildman–Crippen LogP) is 1.22. The number of rotatable bonds is 5. The number of fused-ring (bicyclic) bond motifs is 1. The molecule has 0 fully saturated rings. The summed E-state index contributed by atoms with van der Waals surface area (Å²) in [6, 6.07) is 7.35. The van der Waals surface area contributed by atoms with Gasteiger partial charge in [-0.15, -0.1) is 0 Å². The van der Waals surface area contributed by atoms with E-state index in [0.29, 0.717) is 17.1 Å². The molecule has 0 spiro atoms. The molecule has 1 aliphatic heterocycles. The molecule has 0 atom stereocenters. The van der Waals surface area contributed by atoms with Crippen molar-refractivity contribution < 1.29 is 19.1 Å². The van der Waals surface area contributed by atoms with E-state index in [0.717, 1.165) is 5.56 Å². The molecule has 1 aromatic carbocycles. The van der Waals surface area contributed by atoms with Crippen molar-refractivity contribution in [3.8, 4) is 0 Å². The number of aromatic nitrogens is 1. The second-order valence-corrected chi connectivity index (χ2v) is 5.60. The third-order valence-electron chi connectivity index (χ3n) is 3.77. The molecule has 2 aromatic rings. The van der Waals surface area contributed by atoms with Gasteiger partial charge < -0.3 is 20.6 Å². The van der Waals surface area contributed by atoms with Crippen molar-refractivity contribution >= 4 is 23.3 Å². The van der Waals surface area contributed by atoms with Crippen LogP contribution in [0.4, 0.5) is 15.9 Å². The minimum Gasteiger partial charge on any atom is -0.395 e. The maximum absolute atomic E-state index is 13.0. The lowest BCUT2D eigenvalue weighted by Crippen LogP contribution is -2.34. The van der Waals surface area contributed by atoms with E-state index in [4.69, 9.17) is 0 Å². The van der Waals surface area contributed by atoms with E-state index in [-0.39, 0.29) is 43.9 Å². The summed E-state index contributed by atoms with van der Waals surface area (Å²) in [7, 11) is 0. The number of hydrogen-bond donors (Lipinski definition) is 3. The van der Waals surface area contributed by atoms with Crippen LogP contribution in [0.5, 0.6) is 0 Å². The molecular weight excluding hydrogens is 327 g/mol. The number of hydrogen-bond acceptors (Lipinski definition) is 5. The molecule has 2 amide bonds. The maximum atomic E-state index is 13.0. The smallest absolute Gasteiger partial charge is 0.255 e. The Hall–Kier alpha value is -3.00. The van der Waals surface area contributed by atoms with Gasteiger partial charge in [-0.25, -0.2) is 9.37 Å². The highest BCUT2D eigenvalue weighted by molar-refractivity contribution is 6.02. The molecule has 0 saturated heterocycles. The lowest BCUT2D eigenvalue weighted by atomic mass is 10.1. The fraction of sp³-hybridized carbons (Fsp3) is 0.235. The van der Waals surface area contributed by atoms with Crippen LogP contribution in [-0.4, -0.2) is 46.5 Å². The Morgan fingerprint density at radius 3 is 2.80 bits per heavy atom. The first-order chi connectivity index (χ1) is 12.1. The molecule has 1 aliphatic rings. The number of amides is 2. The number of nitrogens with zero attached hydrogens (tertiary/aromatic N) is 2. The summed E-state index contributed by atoms with van der Waals surface area (Å²) in [5, 5.41) is 14.8. The van der Waals surface area contributed by atoms with Gasteiger partial charge in [0.2, 0.25) is 5.91 Å². The molecule has 8 heteroatoms. The summed E-state index contributed by atoms with van der Waals surface area (Å²) in [6.07, 6.45) is 1.42. The van der Waals surface area contributed by atoms with Gasteiger partial charge in [-0.05, 0) is 23.8 Å². The van der Waals surface area contributed by atoms with Crippen molar-refractivity contribution in [2.24, 2.45) is 0 Å². The summed E-state index contributed by atoms with van der Waals surface area (Å²) < 4.78 is 13.0. The third-order valence-corrected chi connectivity index (χ3v) is 3.77. The van der Waals surface area contributed by atoms with Gasteiger partial charge in [-0.2, -0.15) is 0 Å². The minimum atomic E-state index is -0.356. The molecule has 0 unspecified atom stereocenters. The van der Waals surface area contributed by atoms with Crippen LogP contribution in [0.3, 0.4) is 0 Å². The highest BCUT2D eigenvalue weighted by Crippen LogP contribution is 2.23. The molecule has 2 heterocycles. The highest BCUT2D eigenvalue weighted by atomic mass is 19.1. The van der Waals surface area contributed by atoms with Crippen LogP contribution in [0.1, 0.15) is 15.9 Å². The number of aliphatic hydroxyl groups is 1. The molecule has 130 valence electrons. The second-order valence-electron chi connectivity index (χ2n) is 5.60. The SMILES string of the molecule is O=C1CNc2ncc(C(=O)N(CCO)Cc3ccc(F)cc3)cc2N1. The van der Waals surface area contributed by atoms with Crippen LogP contribution >= 0.6 is 0 Å². The third kappa shape index (κ3) is 3.92. The zero-order valence-electron chi connectivity index (χ0n) is 13.3.